The number of fused-ring (bicyclic) bond motifs is 1. The Hall–Kier alpha value is -2.34. The molecule has 1 aromatic carbocycles. The number of nitrogens with zero attached hydrogens (tertiary/aromatic N) is 4. The van der Waals surface area contributed by atoms with Crippen molar-refractivity contribution < 1.29 is 4.79 Å². The van der Waals surface area contributed by atoms with E-state index < -0.39 is 0 Å². The second-order valence-electron chi connectivity index (χ2n) is 6.44. The molecule has 1 fully saturated rings. The van der Waals surface area contributed by atoms with Gasteiger partial charge in [0.1, 0.15) is 0 Å². The molecule has 4 rings (SSSR count). The molecule has 2 aromatic rings. The third-order valence-electron chi connectivity index (χ3n) is 4.79. The standard InChI is InChI=1S/C18H20ClN5O/c19-14-4-6-15(7-5-14)20-18(25)24-10-8-23(9-11-24)17-12-13-2-1-3-16(13)21-22-17/h4-7,12H,1-3,8-11H2,(H,20,25). The highest BCUT2D eigenvalue weighted by atomic mass is 35.5. The highest BCUT2D eigenvalue weighted by Crippen LogP contribution is 2.23. The van der Waals surface area contributed by atoms with Crippen molar-refractivity contribution in [2.45, 2.75) is 19.3 Å². The normalized spacial score (nSPS) is 16.7. The van der Waals surface area contributed by atoms with Crippen molar-refractivity contribution in [3.63, 3.8) is 0 Å². The summed E-state index contributed by atoms with van der Waals surface area (Å²) >= 11 is 5.87. The summed E-state index contributed by atoms with van der Waals surface area (Å²) < 4.78 is 0. The maximum Gasteiger partial charge on any atom is 0.321 e. The smallest absolute Gasteiger partial charge is 0.321 e. The highest BCUT2D eigenvalue weighted by Gasteiger charge is 2.23. The Morgan fingerprint density at radius 1 is 1.04 bits per heavy atom. The number of rotatable bonds is 2. The summed E-state index contributed by atoms with van der Waals surface area (Å²) in [5.74, 6) is 0.929. The van der Waals surface area contributed by atoms with Gasteiger partial charge in [-0.3, -0.25) is 0 Å². The van der Waals surface area contributed by atoms with E-state index in [0.717, 1.165) is 43.1 Å². The van der Waals surface area contributed by atoms with Gasteiger partial charge in [0.05, 0.1) is 5.69 Å². The number of aryl methyl sites for hydroxylation is 2. The molecule has 1 aliphatic heterocycles. The number of carbonyl (C=O) groups is 1. The van der Waals surface area contributed by atoms with Gasteiger partial charge in [-0.25, -0.2) is 4.79 Å². The number of nitrogens with one attached hydrogen (secondary N) is 1. The lowest BCUT2D eigenvalue weighted by Gasteiger charge is -2.35. The Morgan fingerprint density at radius 3 is 2.56 bits per heavy atom. The minimum atomic E-state index is -0.0815. The fourth-order valence-electron chi connectivity index (χ4n) is 3.35. The molecular weight excluding hydrogens is 338 g/mol. The van der Waals surface area contributed by atoms with E-state index in [9.17, 15) is 4.79 Å². The monoisotopic (exact) mass is 357 g/mol. The number of carbonyl (C=O) groups excluding carboxylic acids is 1. The first-order chi connectivity index (χ1) is 12.2. The summed E-state index contributed by atoms with van der Waals surface area (Å²) in [4.78, 5) is 16.4. The Bertz CT molecular complexity index is 772. The first kappa shape index (κ1) is 16.1. The van der Waals surface area contributed by atoms with Crippen molar-refractivity contribution in [2.24, 2.45) is 0 Å². The summed E-state index contributed by atoms with van der Waals surface area (Å²) in [7, 11) is 0. The lowest BCUT2D eigenvalue weighted by atomic mass is 10.2. The summed E-state index contributed by atoms with van der Waals surface area (Å²) in [6, 6.07) is 9.22. The number of urea groups is 1. The Kier molecular flexibility index (Phi) is 4.44. The zero-order valence-corrected chi connectivity index (χ0v) is 14.7. The van der Waals surface area contributed by atoms with E-state index in [4.69, 9.17) is 11.6 Å². The van der Waals surface area contributed by atoms with Crippen molar-refractivity contribution in [3.8, 4) is 0 Å². The molecule has 1 aliphatic carbocycles. The van der Waals surface area contributed by atoms with Gasteiger partial charge in [0, 0.05) is 36.9 Å². The maximum absolute atomic E-state index is 12.4. The van der Waals surface area contributed by atoms with Crippen LogP contribution in [-0.4, -0.2) is 47.3 Å². The van der Waals surface area contributed by atoms with Gasteiger partial charge in [0.25, 0.3) is 0 Å². The number of anilines is 2. The Labute approximate surface area is 151 Å². The van der Waals surface area contributed by atoms with E-state index in [1.54, 1.807) is 24.3 Å². The molecule has 0 radical (unpaired) electrons. The summed E-state index contributed by atoms with van der Waals surface area (Å²) in [6.45, 7) is 2.86. The number of piperazine rings is 1. The van der Waals surface area contributed by atoms with Gasteiger partial charge in [-0.2, -0.15) is 5.10 Å². The SMILES string of the molecule is O=C(Nc1ccc(Cl)cc1)N1CCN(c2cc3c(nn2)CCC3)CC1. The number of halogens is 1. The molecule has 1 aromatic heterocycles. The van der Waals surface area contributed by atoms with Gasteiger partial charge < -0.3 is 15.1 Å². The van der Waals surface area contributed by atoms with Crippen LogP contribution in [0.3, 0.4) is 0 Å². The molecule has 0 saturated carbocycles. The van der Waals surface area contributed by atoms with Gasteiger partial charge >= 0.3 is 6.03 Å². The predicted molar refractivity (Wildman–Crippen MR) is 98.3 cm³/mol. The van der Waals surface area contributed by atoms with Crippen molar-refractivity contribution in [3.05, 3.63) is 46.6 Å². The van der Waals surface area contributed by atoms with Crippen molar-refractivity contribution in [1.82, 2.24) is 15.1 Å². The molecule has 0 bridgehead atoms. The molecule has 0 spiro atoms. The number of hydrogen-bond donors (Lipinski definition) is 1. The van der Waals surface area contributed by atoms with Crippen molar-refractivity contribution in [1.29, 1.82) is 0 Å². The second-order valence-corrected chi connectivity index (χ2v) is 6.88. The molecule has 25 heavy (non-hydrogen) atoms. The van der Waals surface area contributed by atoms with E-state index in [0.29, 0.717) is 18.1 Å². The van der Waals surface area contributed by atoms with E-state index in [2.05, 4.69) is 26.5 Å². The van der Waals surface area contributed by atoms with Crippen LogP contribution in [0.25, 0.3) is 0 Å². The van der Waals surface area contributed by atoms with E-state index in [1.165, 1.54) is 12.0 Å². The summed E-state index contributed by atoms with van der Waals surface area (Å²) in [6.07, 6.45) is 3.31. The average Bonchev–Trinajstić information content (AvgIpc) is 3.11. The lowest BCUT2D eigenvalue weighted by molar-refractivity contribution is 0.208. The fourth-order valence-corrected chi connectivity index (χ4v) is 3.47. The van der Waals surface area contributed by atoms with Crippen LogP contribution in [0.15, 0.2) is 30.3 Å². The average molecular weight is 358 g/mol. The zero-order chi connectivity index (χ0) is 17.2. The van der Waals surface area contributed by atoms with Crippen LogP contribution in [0.1, 0.15) is 17.7 Å². The molecule has 6 nitrogen and oxygen atoms in total. The molecule has 2 heterocycles. The van der Waals surface area contributed by atoms with E-state index in [1.807, 2.05) is 4.90 Å². The van der Waals surface area contributed by atoms with E-state index >= 15 is 0 Å². The van der Waals surface area contributed by atoms with Gasteiger partial charge in [-0.05, 0) is 55.2 Å². The van der Waals surface area contributed by atoms with Crippen LogP contribution in [-0.2, 0) is 12.8 Å². The van der Waals surface area contributed by atoms with E-state index in [-0.39, 0.29) is 6.03 Å². The lowest BCUT2D eigenvalue weighted by Crippen LogP contribution is -2.50. The van der Waals surface area contributed by atoms with Crippen LogP contribution in [0.5, 0.6) is 0 Å². The molecule has 2 aliphatic rings. The maximum atomic E-state index is 12.4. The van der Waals surface area contributed by atoms with Crippen LogP contribution >= 0.6 is 11.6 Å². The number of aromatic nitrogens is 2. The first-order valence-corrected chi connectivity index (χ1v) is 8.99. The summed E-state index contributed by atoms with van der Waals surface area (Å²) in [5.41, 5.74) is 3.22. The topological polar surface area (TPSA) is 61.4 Å². The van der Waals surface area contributed by atoms with Crippen LogP contribution < -0.4 is 10.2 Å². The van der Waals surface area contributed by atoms with Gasteiger partial charge in [-0.1, -0.05) is 11.6 Å². The third kappa shape index (κ3) is 3.54. The minimum Gasteiger partial charge on any atom is -0.352 e. The molecule has 2 amide bonds. The molecule has 1 saturated heterocycles. The zero-order valence-electron chi connectivity index (χ0n) is 13.9. The largest absolute Gasteiger partial charge is 0.352 e. The molecular formula is C18H20ClN5O. The molecule has 130 valence electrons. The second kappa shape index (κ2) is 6.88. The number of benzene rings is 1. The van der Waals surface area contributed by atoms with Gasteiger partial charge in [0.2, 0.25) is 0 Å². The Morgan fingerprint density at radius 2 is 1.80 bits per heavy atom. The van der Waals surface area contributed by atoms with Gasteiger partial charge in [-0.15, -0.1) is 5.10 Å². The van der Waals surface area contributed by atoms with Gasteiger partial charge in [0.15, 0.2) is 5.82 Å². The van der Waals surface area contributed by atoms with Crippen LogP contribution in [0.4, 0.5) is 16.3 Å². The van der Waals surface area contributed by atoms with Crippen LogP contribution in [0.2, 0.25) is 5.02 Å². The minimum absolute atomic E-state index is 0.0815. The van der Waals surface area contributed by atoms with Crippen LogP contribution in [0, 0.1) is 0 Å². The summed E-state index contributed by atoms with van der Waals surface area (Å²) in [5, 5.41) is 12.3. The highest BCUT2D eigenvalue weighted by molar-refractivity contribution is 6.30. The Balaban J connectivity index is 1.34. The fraction of sp³-hybridized carbons (Fsp3) is 0.389. The first-order valence-electron chi connectivity index (χ1n) is 8.61. The predicted octanol–water partition coefficient (Wildman–Crippen LogP) is 2.97. The number of hydrogen-bond acceptors (Lipinski definition) is 4. The quantitative estimate of drug-likeness (QED) is 0.897. The molecule has 1 N–H and O–H groups in total. The molecule has 0 atom stereocenters. The molecule has 7 heteroatoms. The van der Waals surface area contributed by atoms with Crippen molar-refractivity contribution in [2.75, 3.05) is 36.4 Å². The van der Waals surface area contributed by atoms with Crippen molar-refractivity contribution >= 4 is 29.1 Å². The number of amides is 2. The third-order valence-corrected chi connectivity index (χ3v) is 5.05. The molecule has 0 unspecified atom stereocenters.